The Hall–Kier alpha value is -2.38. The molecular formula is C18H23N4O3. The lowest BCUT2D eigenvalue weighted by molar-refractivity contribution is -0.122. The van der Waals surface area contributed by atoms with Crippen LogP contribution < -0.4 is 10.1 Å². The number of ether oxygens (including phenoxy) is 1. The molecule has 2 heterocycles. The molecule has 133 valence electrons. The number of amides is 1. The third-order valence-corrected chi connectivity index (χ3v) is 4.11. The van der Waals surface area contributed by atoms with Crippen molar-refractivity contribution in [1.29, 1.82) is 0 Å². The van der Waals surface area contributed by atoms with E-state index in [0.717, 1.165) is 24.1 Å². The number of β-amino-alcohol motifs (C(OH)–C–C–N with tert-alkyl or cyclic N) is 1. The lowest BCUT2D eigenvalue weighted by Gasteiger charge is -2.14. The average Bonchev–Trinajstić information content (AvgIpc) is 3.20. The molecule has 25 heavy (non-hydrogen) atoms. The Morgan fingerprint density at radius 1 is 1.48 bits per heavy atom. The number of likely N-dealkylation sites (tertiary alicyclic amines) is 1. The highest BCUT2D eigenvalue weighted by Gasteiger charge is 2.21. The molecule has 3 rings (SSSR count). The van der Waals surface area contributed by atoms with E-state index < -0.39 is 0 Å². The Bertz CT molecular complexity index is 716. The van der Waals surface area contributed by atoms with Gasteiger partial charge in [0.2, 0.25) is 5.91 Å². The number of aromatic nitrogens is 2. The molecule has 0 saturated carbocycles. The summed E-state index contributed by atoms with van der Waals surface area (Å²) in [6, 6.07) is 8.65. The molecule has 1 aliphatic rings. The first-order chi connectivity index (χ1) is 12.1. The number of hydrogen-bond donors (Lipinski definition) is 2. The standard InChI is InChI=1S/C18H23N4O3/c1-21-11-15(10-20-21)14-3-2-4-17(9-14)25-8-6-19-18(24)13-22-7-5-16(23)12-22/h3-4,9-11,16,23H,5-8,12-13H2,1H3,(H,19,24)/t16-/m1/s1. The Balaban J connectivity index is 1.41. The Morgan fingerprint density at radius 2 is 2.36 bits per heavy atom. The van der Waals surface area contributed by atoms with Crippen molar-refractivity contribution in [3.05, 3.63) is 36.7 Å². The van der Waals surface area contributed by atoms with E-state index >= 15 is 0 Å². The highest BCUT2D eigenvalue weighted by atomic mass is 16.5. The van der Waals surface area contributed by atoms with Crippen LogP contribution >= 0.6 is 0 Å². The van der Waals surface area contributed by atoms with E-state index in [-0.39, 0.29) is 12.0 Å². The highest BCUT2D eigenvalue weighted by molar-refractivity contribution is 5.78. The van der Waals surface area contributed by atoms with Crippen molar-refractivity contribution >= 4 is 5.91 Å². The topological polar surface area (TPSA) is 79.6 Å². The van der Waals surface area contributed by atoms with Gasteiger partial charge in [0.15, 0.2) is 0 Å². The first-order valence-corrected chi connectivity index (χ1v) is 8.40. The molecule has 0 unspecified atom stereocenters. The summed E-state index contributed by atoms with van der Waals surface area (Å²) >= 11 is 0. The van der Waals surface area contributed by atoms with Gasteiger partial charge in [-0.2, -0.15) is 5.10 Å². The second-order valence-electron chi connectivity index (χ2n) is 6.24. The van der Waals surface area contributed by atoms with Crippen LogP contribution in [0.4, 0.5) is 0 Å². The fraction of sp³-hybridized carbons (Fsp3) is 0.444. The van der Waals surface area contributed by atoms with Gasteiger partial charge in [-0.1, -0.05) is 0 Å². The van der Waals surface area contributed by atoms with Crippen LogP contribution in [0.3, 0.4) is 0 Å². The molecule has 0 bridgehead atoms. The van der Waals surface area contributed by atoms with Crippen molar-refractivity contribution in [1.82, 2.24) is 20.0 Å². The van der Waals surface area contributed by atoms with E-state index in [0.29, 0.717) is 32.0 Å². The van der Waals surface area contributed by atoms with Crippen LogP contribution in [-0.4, -0.2) is 64.6 Å². The molecule has 1 atom stereocenters. The molecule has 0 spiro atoms. The number of carbonyl (C=O) groups excluding carboxylic acids is 1. The van der Waals surface area contributed by atoms with Crippen molar-refractivity contribution < 1.29 is 14.6 Å². The number of aliphatic hydroxyl groups is 1. The van der Waals surface area contributed by atoms with Gasteiger partial charge in [0, 0.05) is 31.9 Å². The van der Waals surface area contributed by atoms with E-state index in [1.807, 2.05) is 30.3 Å². The summed E-state index contributed by atoms with van der Waals surface area (Å²) in [7, 11) is 1.87. The summed E-state index contributed by atoms with van der Waals surface area (Å²) in [6.07, 6.45) is 4.16. The van der Waals surface area contributed by atoms with Crippen LogP contribution in [0.25, 0.3) is 11.1 Å². The van der Waals surface area contributed by atoms with Crippen molar-refractivity contribution in [2.75, 3.05) is 32.8 Å². The smallest absolute Gasteiger partial charge is 0.234 e. The summed E-state index contributed by atoms with van der Waals surface area (Å²) in [5.41, 5.74) is 1.99. The quantitative estimate of drug-likeness (QED) is 0.714. The molecule has 1 radical (unpaired) electrons. The number of carbonyl (C=O) groups is 1. The predicted molar refractivity (Wildman–Crippen MR) is 93.0 cm³/mol. The molecule has 1 saturated heterocycles. The second-order valence-corrected chi connectivity index (χ2v) is 6.24. The Morgan fingerprint density at radius 3 is 3.08 bits per heavy atom. The third-order valence-electron chi connectivity index (χ3n) is 4.11. The average molecular weight is 343 g/mol. The molecule has 1 aromatic carbocycles. The Labute approximate surface area is 147 Å². The van der Waals surface area contributed by atoms with Crippen molar-refractivity contribution in [2.45, 2.75) is 12.5 Å². The zero-order chi connectivity index (χ0) is 17.6. The van der Waals surface area contributed by atoms with Gasteiger partial charge in [0.05, 0.1) is 25.4 Å². The van der Waals surface area contributed by atoms with Gasteiger partial charge < -0.3 is 15.2 Å². The number of benzene rings is 1. The molecule has 0 aliphatic carbocycles. The summed E-state index contributed by atoms with van der Waals surface area (Å²) in [5.74, 6) is 0.659. The molecular weight excluding hydrogens is 320 g/mol. The van der Waals surface area contributed by atoms with E-state index in [1.165, 1.54) is 0 Å². The van der Waals surface area contributed by atoms with Crippen molar-refractivity contribution in [3.8, 4) is 16.9 Å². The molecule has 1 amide bonds. The molecule has 1 aromatic heterocycles. The number of hydrogen-bond acceptors (Lipinski definition) is 5. The van der Waals surface area contributed by atoms with Gasteiger partial charge in [-0.15, -0.1) is 0 Å². The van der Waals surface area contributed by atoms with E-state index in [2.05, 4.69) is 16.5 Å². The van der Waals surface area contributed by atoms with Crippen LogP contribution in [0.1, 0.15) is 6.42 Å². The van der Waals surface area contributed by atoms with Crippen LogP contribution in [0.15, 0.2) is 30.6 Å². The van der Waals surface area contributed by atoms with Crippen molar-refractivity contribution in [3.63, 3.8) is 0 Å². The molecule has 1 aliphatic heterocycles. The van der Waals surface area contributed by atoms with Gasteiger partial charge in [-0.25, -0.2) is 0 Å². The van der Waals surface area contributed by atoms with Gasteiger partial charge in [0.1, 0.15) is 12.4 Å². The van der Waals surface area contributed by atoms with Gasteiger partial charge in [-0.05, 0) is 36.2 Å². The minimum Gasteiger partial charge on any atom is -0.492 e. The number of aliphatic hydroxyl groups excluding tert-OH is 1. The maximum atomic E-state index is 11.9. The molecule has 2 N–H and O–H groups in total. The number of aryl methyl sites for hydroxylation is 1. The first kappa shape index (κ1) is 17.4. The van der Waals surface area contributed by atoms with Crippen molar-refractivity contribution in [2.24, 2.45) is 7.05 Å². The van der Waals surface area contributed by atoms with Crippen LogP contribution in [-0.2, 0) is 11.8 Å². The lowest BCUT2D eigenvalue weighted by Crippen LogP contribution is -2.38. The SMILES string of the molecule is Cn1cc(-c2c[c]cc(OCCNC(=O)CN3CC[C@@H](O)C3)c2)cn1. The summed E-state index contributed by atoms with van der Waals surface area (Å²) < 4.78 is 7.43. The summed E-state index contributed by atoms with van der Waals surface area (Å²) in [6.45, 7) is 2.48. The largest absolute Gasteiger partial charge is 0.492 e. The van der Waals surface area contributed by atoms with Crippen LogP contribution in [0.2, 0.25) is 0 Å². The minimum atomic E-state index is -0.306. The van der Waals surface area contributed by atoms with E-state index in [9.17, 15) is 9.90 Å². The fourth-order valence-corrected chi connectivity index (χ4v) is 2.84. The number of rotatable bonds is 7. The third kappa shape index (κ3) is 5.04. The maximum absolute atomic E-state index is 11.9. The van der Waals surface area contributed by atoms with Crippen LogP contribution in [0.5, 0.6) is 5.75 Å². The normalized spacial score (nSPS) is 17.6. The monoisotopic (exact) mass is 343 g/mol. The molecule has 2 aromatic rings. The zero-order valence-corrected chi connectivity index (χ0v) is 14.3. The molecule has 7 heteroatoms. The molecule has 7 nitrogen and oxygen atoms in total. The lowest BCUT2D eigenvalue weighted by atomic mass is 10.1. The zero-order valence-electron chi connectivity index (χ0n) is 14.3. The Kier molecular flexibility index (Phi) is 5.67. The minimum absolute atomic E-state index is 0.0478. The summed E-state index contributed by atoms with van der Waals surface area (Å²) in [4.78, 5) is 13.8. The molecule has 1 fully saturated rings. The summed E-state index contributed by atoms with van der Waals surface area (Å²) in [5, 5.41) is 16.4. The van der Waals surface area contributed by atoms with Gasteiger partial charge in [-0.3, -0.25) is 14.4 Å². The maximum Gasteiger partial charge on any atom is 0.234 e. The first-order valence-electron chi connectivity index (χ1n) is 8.40. The van der Waals surface area contributed by atoms with Crippen LogP contribution in [0, 0.1) is 6.07 Å². The highest BCUT2D eigenvalue weighted by Crippen LogP contribution is 2.22. The van der Waals surface area contributed by atoms with Gasteiger partial charge >= 0.3 is 0 Å². The second kappa shape index (κ2) is 8.13. The number of nitrogens with one attached hydrogen (secondary N) is 1. The van der Waals surface area contributed by atoms with Gasteiger partial charge in [0.25, 0.3) is 0 Å². The van der Waals surface area contributed by atoms with E-state index in [4.69, 9.17) is 4.74 Å². The fourth-order valence-electron chi connectivity index (χ4n) is 2.84. The predicted octanol–water partition coefficient (Wildman–Crippen LogP) is 0.449. The van der Waals surface area contributed by atoms with E-state index in [1.54, 1.807) is 16.9 Å². The number of nitrogens with zero attached hydrogens (tertiary/aromatic N) is 3.